The third-order valence-electron chi connectivity index (χ3n) is 6.09. The van der Waals surface area contributed by atoms with E-state index in [0.29, 0.717) is 0 Å². The Morgan fingerprint density at radius 1 is 0.829 bits per heavy atom. The number of carbonyl (C=O) groups excluding carboxylic acids is 4. The predicted octanol–water partition coefficient (Wildman–Crippen LogP) is 5.13. The van der Waals surface area contributed by atoms with Crippen molar-refractivity contribution in [2.45, 2.75) is 65.8 Å². The minimum Gasteiger partial charge on any atom is -0.454 e. The highest BCUT2D eigenvalue weighted by Gasteiger charge is 2.43. The van der Waals surface area contributed by atoms with Gasteiger partial charge in [0.15, 0.2) is 6.61 Å². The van der Waals surface area contributed by atoms with Crippen LogP contribution in [-0.2, 0) is 14.3 Å². The van der Waals surface area contributed by atoms with Crippen molar-refractivity contribution in [3.05, 3.63) is 64.7 Å². The van der Waals surface area contributed by atoms with Crippen LogP contribution in [0, 0.1) is 5.92 Å². The van der Waals surface area contributed by atoms with Crippen molar-refractivity contribution < 1.29 is 23.9 Å². The first-order chi connectivity index (χ1) is 16.5. The van der Waals surface area contributed by atoms with Crippen LogP contribution in [0.3, 0.4) is 0 Å². The van der Waals surface area contributed by atoms with Gasteiger partial charge < -0.3 is 10.1 Å². The number of para-hydroxylation sites is 1. The normalized spacial score (nSPS) is 14.0. The lowest BCUT2D eigenvalue weighted by molar-refractivity contribution is -0.151. The molecular formula is C28H34N2O5. The molecule has 3 amide bonds. The summed E-state index contributed by atoms with van der Waals surface area (Å²) in [6, 6.07) is 11.3. The first-order valence-corrected chi connectivity index (χ1v) is 12.1. The fraction of sp³-hybridized carbons (Fsp3) is 0.429. The van der Waals surface area contributed by atoms with Crippen molar-refractivity contribution in [3.63, 3.8) is 0 Å². The number of ether oxygens (including phenoxy) is 1. The van der Waals surface area contributed by atoms with Gasteiger partial charge in [-0.05, 0) is 47.4 Å². The Labute approximate surface area is 206 Å². The molecule has 1 aliphatic rings. The summed E-state index contributed by atoms with van der Waals surface area (Å²) in [6.45, 7) is 11.5. The molecular weight excluding hydrogens is 444 g/mol. The highest BCUT2D eigenvalue weighted by molar-refractivity contribution is 6.22. The monoisotopic (exact) mass is 478 g/mol. The van der Waals surface area contributed by atoms with E-state index in [1.165, 1.54) is 0 Å². The Morgan fingerprint density at radius 3 is 1.80 bits per heavy atom. The highest BCUT2D eigenvalue weighted by atomic mass is 16.5. The average Bonchev–Trinajstić information content (AvgIpc) is 3.05. The van der Waals surface area contributed by atoms with Crippen LogP contribution in [0.25, 0.3) is 0 Å². The fourth-order valence-corrected chi connectivity index (χ4v) is 4.35. The zero-order valence-corrected chi connectivity index (χ0v) is 21.3. The van der Waals surface area contributed by atoms with Crippen molar-refractivity contribution >= 4 is 29.4 Å². The summed E-state index contributed by atoms with van der Waals surface area (Å²) in [5.41, 5.74) is 3.27. The Bertz CT molecular complexity index is 1070. The van der Waals surface area contributed by atoms with Crippen molar-refractivity contribution in [2.24, 2.45) is 5.92 Å². The number of anilines is 1. The Kier molecular flexibility index (Phi) is 8.10. The van der Waals surface area contributed by atoms with E-state index >= 15 is 0 Å². The number of amides is 3. The van der Waals surface area contributed by atoms with Gasteiger partial charge in [0, 0.05) is 5.69 Å². The molecule has 1 N–H and O–H groups in total. The number of benzene rings is 2. The molecule has 2 aromatic rings. The number of carbonyl (C=O) groups is 4. The second-order valence-electron chi connectivity index (χ2n) is 9.95. The van der Waals surface area contributed by atoms with Gasteiger partial charge in [-0.1, -0.05) is 71.9 Å². The van der Waals surface area contributed by atoms with Crippen LogP contribution in [0.5, 0.6) is 0 Å². The molecule has 0 fully saturated rings. The van der Waals surface area contributed by atoms with Gasteiger partial charge in [0.2, 0.25) is 0 Å². The molecule has 1 aliphatic heterocycles. The zero-order chi connectivity index (χ0) is 25.9. The Hall–Kier alpha value is -3.48. The van der Waals surface area contributed by atoms with Crippen LogP contribution in [0.15, 0.2) is 42.5 Å². The van der Waals surface area contributed by atoms with E-state index in [1.807, 2.05) is 59.7 Å². The van der Waals surface area contributed by atoms with Crippen molar-refractivity contribution in [1.82, 2.24) is 4.90 Å². The van der Waals surface area contributed by atoms with E-state index in [9.17, 15) is 19.2 Å². The first-order valence-electron chi connectivity index (χ1n) is 12.1. The van der Waals surface area contributed by atoms with Gasteiger partial charge in [-0.25, -0.2) is 4.79 Å². The largest absolute Gasteiger partial charge is 0.454 e. The summed E-state index contributed by atoms with van der Waals surface area (Å²) < 4.78 is 5.35. The fourth-order valence-electron chi connectivity index (χ4n) is 4.35. The third kappa shape index (κ3) is 5.61. The standard InChI is InChI=1S/C28H34N2O5/c1-16(2)14-23(30-26(32)21-10-7-8-11-22(21)27(30)33)28(34)35-15-24(31)29-25-19(17(3)4)12-9-13-20(25)18(5)6/h7-13,16-18,23H,14-15H2,1-6H3,(H,29,31)/t23-/m0/s1. The van der Waals surface area contributed by atoms with Gasteiger partial charge in [0.1, 0.15) is 6.04 Å². The number of nitrogens with one attached hydrogen (secondary N) is 1. The highest BCUT2D eigenvalue weighted by Crippen LogP contribution is 2.32. The number of rotatable bonds is 9. The number of fused-ring (bicyclic) bond motifs is 1. The maximum atomic E-state index is 13.1. The van der Waals surface area contributed by atoms with Gasteiger partial charge in [0.25, 0.3) is 17.7 Å². The van der Waals surface area contributed by atoms with Gasteiger partial charge >= 0.3 is 5.97 Å². The van der Waals surface area contributed by atoms with Crippen molar-refractivity contribution in [3.8, 4) is 0 Å². The summed E-state index contributed by atoms with van der Waals surface area (Å²) in [5.74, 6) is -1.90. The summed E-state index contributed by atoms with van der Waals surface area (Å²) in [6.07, 6.45) is 0.236. The first kappa shape index (κ1) is 26.1. The SMILES string of the molecule is CC(C)C[C@@H](C(=O)OCC(=O)Nc1c(C(C)C)cccc1C(C)C)N1C(=O)c2ccccc2C1=O. The van der Waals surface area contributed by atoms with Gasteiger partial charge in [-0.3, -0.25) is 19.3 Å². The number of esters is 1. The molecule has 0 saturated carbocycles. The second kappa shape index (κ2) is 10.8. The molecule has 0 aliphatic carbocycles. The van der Waals surface area contributed by atoms with Crippen LogP contribution in [0.1, 0.15) is 91.6 Å². The Morgan fingerprint density at radius 2 is 1.34 bits per heavy atom. The van der Waals surface area contributed by atoms with Crippen LogP contribution in [0.4, 0.5) is 5.69 Å². The lowest BCUT2D eigenvalue weighted by Crippen LogP contribution is -2.46. The van der Waals surface area contributed by atoms with Crippen molar-refractivity contribution in [1.29, 1.82) is 0 Å². The molecule has 0 unspecified atom stereocenters. The smallest absolute Gasteiger partial charge is 0.329 e. The molecule has 0 saturated heterocycles. The molecule has 35 heavy (non-hydrogen) atoms. The number of hydrogen-bond donors (Lipinski definition) is 1. The molecule has 0 radical (unpaired) electrons. The summed E-state index contributed by atoms with van der Waals surface area (Å²) in [7, 11) is 0. The molecule has 1 heterocycles. The number of hydrogen-bond acceptors (Lipinski definition) is 5. The van der Waals surface area contributed by atoms with E-state index < -0.39 is 36.3 Å². The maximum Gasteiger partial charge on any atom is 0.329 e. The molecule has 7 nitrogen and oxygen atoms in total. The zero-order valence-electron chi connectivity index (χ0n) is 21.3. The lowest BCUT2D eigenvalue weighted by atomic mass is 9.92. The molecule has 3 rings (SSSR count). The van der Waals surface area contributed by atoms with Crippen LogP contribution in [-0.4, -0.2) is 41.2 Å². The second-order valence-corrected chi connectivity index (χ2v) is 9.95. The molecule has 7 heteroatoms. The topological polar surface area (TPSA) is 92.8 Å². The maximum absolute atomic E-state index is 13.1. The molecule has 2 aromatic carbocycles. The van der Waals surface area contributed by atoms with Crippen LogP contribution in [0.2, 0.25) is 0 Å². The molecule has 186 valence electrons. The van der Waals surface area contributed by atoms with Gasteiger partial charge in [0.05, 0.1) is 11.1 Å². The van der Waals surface area contributed by atoms with E-state index in [0.717, 1.165) is 21.7 Å². The number of imide groups is 1. The minimum atomic E-state index is -1.11. The molecule has 0 bridgehead atoms. The van der Waals surface area contributed by atoms with E-state index in [2.05, 4.69) is 5.32 Å². The molecule has 0 spiro atoms. The molecule has 1 atom stereocenters. The average molecular weight is 479 g/mol. The van der Waals surface area contributed by atoms with Crippen molar-refractivity contribution in [2.75, 3.05) is 11.9 Å². The third-order valence-corrected chi connectivity index (χ3v) is 6.09. The Balaban J connectivity index is 1.76. The summed E-state index contributed by atoms with van der Waals surface area (Å²) >= 11 is 0. The van der Waals surface area contributed by atoms with Gasteiger partial charge in [-0.15, -0.1) is 0 Å². The van der Waals surface area contributed by atoms with E-state index in [-0.39, 0.29) is 35.3 Å². The molecule has 0 aromatic heterocycles. The lowest BCUT2D eigenvalue weighted by Gasteiger charge is -2.26. The summed E-state index contributed by atoms with van der Waals surface area (Å²) in [4.78, 5) is 52.7. The minimum absolute atomic E-state index is 0.0113. The summed E-state index contributed by atoms with van der Waals surface area (Å²) in [5, 5.41) is 2.91. The van der Waals surface area contributed by atoms with E-state index in [4.69, 9.17) is 4.74 Å². The van der Waals surface area contributed by atoms with E-state index in [1.54, 1.807) is 24.3 Å². The van der Waals surface area contributed by atoms with Crippen LogP contribution >= 0.6 is 0 Å². The number of nitrogens with zero attached hydrogens (tertiary/aromatic N) is 1. The van der Waals surface area contributed by atoms with Crippen LogP contribution < -0.4 is 5.32 Å². The predicted molar refractivity (Wildman–Crippen MR) is 134 cm³/mol. The quantitative estimate of drug-likeness (QED) is 0.399. The van der Waals surface area contributed by atoms with Gasteiger partial charge in [-0.2, -0.15) is 0 Å².